The number of anilines is 4. The number of methoxy groups -OCH3 is 1. The molecule has 21 heavy (non-hydrogen) atoms. The lowest BCUT2D eigenvalue weighted by Crippen LogP contribution is -2.10. The van der Waals surface area contributed by atoms with Crippen LogP contribution < -0.4 is 21.5 Å². The number of hydrogen-bond donors (Lipinski definition) is 3. The van der Waals surface area contributed by atoms with E-state index < -0.39 is 0 Å². The summed E-state index contributed by atoms with van der Waals surface area (Å²) in [6, 6.07) is 9.91. The van der Waals surface area contributed by atoms with Gasteiger partial charge in [0.1, 0.15) is 5.75 Å². The molecule has 1 aliphatic rings. The summed E-state index contributed by atoms with van der Waals surface area (Å²) in [7, 11) is 1.66. The first-order valence-corrected chi connectivity index (χ1v) is 7.30. The molecule has 0 spiro atoms. The Hall–Kier alpha value is -2.36. The summed E-state index contributed by atoms with van der Waals surface area (Å²) in [5.74, 6) is 0.832. The molecule has 0 atom stereocenters. The van der Waals surface area contributed by atoms with Gasteiger partial charge in [-0.2, -0.15) is 0 Å². The largest absolute Gasteiger partial charge is 0.497 e. The van der Waals surface area contributed by atoms with Crippen LogP contribution in [0.25, 0.3) is 0 Å². The highest BCUT2D eigenvalue weighted by Gasteiger charge is 2.17. The molecule has 0 aliphatic heterocycles. The van der Waals surface area contributed by atoms with Crippen LogP contribution in [0.3, 0.4) is 0 Å². The molecular weight excluding hydrogens is 262 g/mol. The van der Waals surface area contributed by atoms with Crippen LogP contribution in [-0.2, 0) is 12.8 Å². The first-order chi connectivity index (χ1) is 10.2. The fourth-order valence-electron chi connectivity index (χ4n) is 2.89. The van der Waals surface area contributed by atoms with Crippen LogP contribution >= 0.6 is 0 Å². The lowest BCUT2D eigenvalue weighted by atomic mass is 9.89. The Morgan fingerprint density at radius 2 is 1.71 bits per heavy atom. The third-order valence-electron chi connectivity index (χ3n) is 4.10. The number of ether oxygens (including phenoxy) is 1. The number of nitrogen functional groups attached to an aromatic ring is 2. The molecule has 2 aromatic rings. The lowest BCUT2D eigenvalue weighted by Gasteiger charge is -2.22. The minimum absolute atomic E-state index is 0.645. The van der Waals surface area contributed by atoms with Crippen molar-refractivity contribution in [1.29, 1.82) is 0 Å². The molecule has 0 radical (unpaired) electrons. The molecule has 0 saturated carbocycles. The van der Waals surface area contributed by atoms with Gasteiger partial charge < -0.3 is 21.5 Å². The van der Waals surface area contributed by atoms with E-state index >= 15 is 0 Å². The SMILES string of the molecule is COc1ccc(Nc2cc3c(c(N)c2N)CCCC3)cc1. The fraction of sp³-hybridized carbons (Fsp3) is 0.294. The van der Waals surface area contributed by atoms with Gasteiger partial charge >= 0.3 is 0 Å². The molecule has 5 N–H and O–H groups in total. The highest BCUT2D eigenvalue weighted by Crippen LogP contribution is 2.37. The zero-order chi connectivity index (χ0) is 14.8. The molecule has 0 saturated heterocycles. The van der Waals surface area contributed by atoms with Crippen LogP contribution in [-0.4, -0.2) is 7.11 Å². The topological polar surface area (TPSA) is 73.3 Å². The Morgan fingerprint density at radius 1 is 1.00 bits per heavy atom. The number of benzene rings is 2. The summed E-state index contributed by atoms with van der Waals surface area (Å²) in [5.41, 5.74) is 18.2. The van der Waals surface area contributed by atoms with Crippen molar-refractivity contribution in [2.24, 2.45) is 0 Å². The molecule has 2 aromatic carbocycles. The summed E-state index contributed by atoms with van der Waals surface area (Å²) >= 11 is 0. The van der Waals surface area contributed by atoms with Gasteiger partial charge in [0.2, 0.25) is 0 Å². The summed E-state index contributed by atoms with van der Waals surface area (Å²) in [6.07, 6.45) is 4.53. The molecule has 110 valence electrons. The number of hydrogen-bond acceptors (Lipinski definition) is 4. The first kappa shape index (κ1) is 13.6. The monoisotopic (exact) mass is 283 g/mol. The minimum atomic E-state index is 0.645. The van der Waals surface area contributed by atoms with Crippen LogP contribution in [0.15, 0.2) is 30.3 Å². The van der Waals surface area contributed by atoms with E-state index in [-0.39, 0.29) is 0 Å². The Kier molecular flexibility index (Phi) is 3.60. The van der Waals surface area contributed by atoms with Crippen molar-refractivity contribution < 1.29 is 4.74 Å². The summed E-state index contributed by atoms with van der Waals surface area (Å²) in [6.45, 7) is 0. The predicted molar refractivity (Wildman–Crippen MR) is 88.2 cm³/mol. The van der Waals surface area contributed by atoms with E-state index in [0.717, 1.165) is 35.7 Å². The average molecular weight is 283 g/mol. The molecule has 0 bridgehead atoms. The van der Waals surface area contributed by atoms with E-state index in [9.17, 15) is 0 Å². The zero-order valence-corrected chi connectivity index (χ0v) is 12.3. The van der Waals surface area contributed by atoms with E-state index in [1.165, 1.54) is 24.0 Å². The summed E-state index contributed by atoms with van der Waals surface area (Å²) in [4.78, 5) is 0. The molecule has 0 aromatic heterocycles. The van der Waals surface area contributed by atoms with Crippen molar-refractivity contribution in [3.8, 4) is 5.75 Å². The van der Waals surface area contributed by atoms with Crippen molar-refractivity contribution in [2.45, 2.75) is 25.7 Å². The molecule has 4 nitrogen and oxygen atoms in total. The van der Waals surface area contributed by atoms with Gasteiger partial charge in [0.15, 0.2) is 0 Å². The number of nitrogens with two attached hydrogens (primary N) is 2. The van der Waals surface area contributed by atoms with Gasteiger partial charge in [-0.05, 0) is 67.1 Å². The lowest BCUT2D eigenvalue weighted by molar-refractivity contribution is 0.415. The predicted octanol–water partition coefficient (Wildman–Crippen LogP) is 3.48. The molecule has 0 unspecified atom stereocenters. The Bertz CT molecular complexity index is 650. The molecule has 0 amide bonds. The molecule has 4 heteroatoms. The van der Waals surface area contributed by atoms with E-state index in [1.54, 1.807) is 7.11 Å². The Balaban J connectivity index is 1.92. The van der Waals surface area contributed by atoms with Gasteiger partial charge in [-0.3, -0.25) is 0 Å². The van der Waals surface area contributed by atoms with Crippen molar-refractivity contribution in [3.05, 3.63) is 41.5 Å². The van der Waals surface area contributed by atoms with E-state index in [1.807, 2.05) is 24.3 Å². The zero-order valence-electron chi connectivity index (χ0n) is 12.3. The van der Waals surface area contributed by atoms with E-state index in [2.05, 4.69) is 11.4 Å². The molecule has 0 heterocycles. The second kappa shape index (κ2) is 5.56. The maximum Gasteiger partial charge on any atom is 0.119 e. The normalized spacial score (nSPS) is 13.6. The van der Waals surface area contributed by atoms with Crippen molar-refractivity contribution in [3.63, 3.8) is 0 Å². The third-order valence-corrected chi connectivity index (χ3v) is 4.10. The van der Waals surface area contributed by atoms with Crippen LogP contribution in [0.2, 0.25) is 0 Å². The number of rotatable bonds is 3. The summed E-state index contributed by atoms with van der Waals surface area (Å²) in [5, 5.41) is 3.35. The molecule has 1 aliphatic carbocycles. The highest BCUT2D eigenvalue weighted by atomic mass is 16.5. The van der Waals surface area contributed by atoms with Gasteiger partial charge in [-0.15, -0.1) is 0 Å². The van der Waals surface area contributed by atoms with Crippen LogP contribution in [0.4, 0.5) is 22.7 Å². The standard InChI is InChI=1S/C17H21N3O/c1-21-13-8-6-12(7-9-13)20-15-10-11-4-2-3-5-14(11)16(18)17(15)19/h6-10,20H,2-5,18-19H2,1H3. The number of fused-ring (bicyclic) bond motifs is 1. The van der Waals surface area contributed by atoms with Crippen molar-refractivity contribution in [1.82, 2.24) is 0 Å². The van der Waals surface area contributed by atoms with Crippen LogP contribution in [0.5, 0.6) is 5.75 Å². The number of nitrogens with one attached hydrogen (secondary N) is 1. The quantitative estimate of drug-likeness (QED) is 0.754. The second-order valence-corrected chi connectivity index (χ2v) is 5.45. The van der Waals surface area contributed by atoms with Gasteiger partial charge in [-0.25, -0.2) is 0 Å². The van der Waals surface area contributed by atoms with Crippen molar-refractivity contribution >= 4 is 22.7 Å². The number of aryl methyl sites for hydroxylation is 1. The molecular formula is C17H21N3O. The molecule has 0 fully saturated rings. The molecule has 3 rings (SSSR count). The maximum atomic E-state index is 6.22. The highest BCUT2D eigenvalue weighted by molar-refractivity contribution is 5.85. The van der Waals surface area contributed by atoms with E-state index in [4.69, 9.17) is 16.2 Å². The Labute approximate surface area is 125 Å². The first-order valence-electron chi connectivity index (χ1n) is 7.30. The minimum Gasteiger partial charge on any atom is -0.497 e. The van der Waals surface area contributed by atoms with Crippen LogP contribution in [0, 0.1) is 0 Å². The average Bonchev–Trinajstić information content (AvgIpc) is 2.53. The third kappa shape index (κ3) is 2.61. The van der Waals surface area contributed by atoms with Gasteiger partial charge in [-0.1, -0.05) is 0 Å². The maximum absolute atomic E-state index is 6.22. The Morgan fingerprint density at radius 3 is 2.43 bits per heavy atom. The van der Waals surface area contributed by atoms with E-state index in [0.29, 0.717) is 5.69 Å². The van der Waals surface area contributed by atoms with Gasteiger partial charge in [0, 0.05) is 5.69 Å². The smallest absolute Gasteiger partial charge is 0.119 e. The van der Waals surface area contributed by atoms with Crippen LogP contribution in [0.1, 0.15) is 24.0 Å². The van der Waals surface area contributed by atoms with Gasteiger partial charge in [0.25, 0.3) is 0 Å². The van der Waals surface area contributed by atoms with Crippen molar-refractivity contribution in [2.75, 3.05) is 23.9 Å². The second-order valence-electron chi connectivity index (χ2n) is 5.45. The summed E-state index contributed by atoms with van der Waals surface area (Å²) < 4.78 is 5.16. The van der Waals surface area contributed by atoms with Gasteiger partial charge in [0.05, 0.1) is 24.2 Å². The fourth-order valence-corrected chi connectivity index (χ4v) is 2.89.